The molecule has 2 aromatic rings. The lowest BCUT2D eigenvalue weighted by Crippen LogP contribution is -2.39. The average Bonchev–Trinajstić information content (AvgIpc) is 2.61. The zero-order chi connectivity index (χ0) is 18.9. The van der Waals surface area contributed by atoms with Crippen LogP contribution in [-0.4, -0.2) is 36.3 Å². The molecule has 0 aliphatic carbocycles. The summed E-state index contributed by atoms with van der Waals surface area (Å²) in [7, 11) is 0. The van der Waals surface area contributed by atoms with Gasteiger partial charge in [-0.2, -0.15) is 0 Å². The molecule has 2 aromatic carbocycles. The summed E-state index contributed by atoms with van der Waals surface area (Å²) < 4.78 is 13.6. The average molecular weight is 377 g/mol. The molecule has 138 valence electrons. The fraction of sp³-hybridized carbons (Fsp3) is 0.300. The van der Waals surface area contributed by atoms with Crippen LogP contribution in [0.4, 0.5) is 4.39 Å². The maximum absolute atomic E-state index is 13.6. The van der Waals surface area contributed by atoms with E-state index in [9.17, 15) is 14.0 Å². The SMILES string of the molecule is CC(=O)N(CCNC(=O)Cc1ccccc1F)CCc1ccc(Cl)cc1. The first-order chi connectivity index (χ1) is 12.5. The van der Waals surface area contributed by atoms with Gasteiger partial charge in [0.15, 0.2) is 0 Å². The van der Waals surface area contributed by atoms with Crippen LogP contribution in [0, 0.1) is 5.82 Å². The molecule has 0 aromatic heterocycles. The molecule has 0 heterocycles. The van der Waals surface area contributed by atoms with E-state index in [2.05, 4.69) is 5.32 Å². The van der Waals surface area contributed by atoms with Crippen molar-refractivity contribution in [1.82, 2.24) is 10.2 Å². The smallest absolute Gasteiger partial charge is 0.224 e. The van der Waals surface area contributed by atoms with Crippen molar-refractivity contribution >= 4 is 23.4 Å². The maximum atomic E-state index is 13.6. The van der Waals surface area contributed by atoms with Crippen LogP contribution in [0.5, 0.6) is 0 Å². The number of amides is 2. The summed E-state index contributed by atoms with van der Waals surface area (Å²) in [6.07, 6.45) is 0.692. The Bertz CT molecular complexity index is 750. The van der Waals surface area contributed by atoms with Crippen LogP contribution in [0.3, 0.4) is 0 Å². The van der Waals surface area contributed by atoms with Crippen LogP contribution >= 0.6 is 11.6 Å². The largest absolute Gasteiger partial charge is 0.354 e. The van der Waals surface area contributed by atoms with Gasteiger partial charge < -0.3 is 10.2 Å². The molecule has 6 heteroatoms. The standard InChI is InChI=1S/C20H22ClFN2O2/c1-15(25)24(12-10-16-6-8-18(21)9-7-16)13-11-23-20(26)14-17-4-2-3-5-19(17)22/h2-9H,10-14H2,1H3,(H,23,26). The van der Waals surface area contributed by atoms with Crippen LogP contribution in [-0.2, 0) is 22.4 Å². The van der Waals surface area contributed by atoms with Crippen molar-refractivity contribution in [1.29, 1.82) is 0 Å². The van der Waals surface area contributed by atoms with Gasteiger partial charge in [-0.05, 0) is 35.7 Å². The second-order valence-corrected chi connectivity index (χ2v) is 6.44. The monoisotopic (exact) mass is 376 g/mol. The minimum Gasteiger partial charge on any atom is -0.354 e. The number of hydrogen-bond acceptors (Lipinski definition) is 2. The van der Waals surface area contributed by atoms with E-state index >= 15 is 0 Å². The van der Waals surface area contributed by atoms with E-state index < -0.39 is 5.82 Å². The van der Waals surface area contributed by atoms with Gasteiger partial charge in [-0.1, -0.05) is 41.9 Å². The zero-order valence-electron chi connectivity index (χ0n) is 14.7. The number of halogens is 2. The van der Waals surface area contributed by atoms with Crippen LogP contribution in [0.2, 0.25) is 5.02 Å². The van der Waals surface area contributed by atoms with Gasteiger partial charge in [0.05, 0.1) is 6.42 Å². The highest BCUT2D eigenvalue weighted by atomic mass is 35.5. The van der Waals surface area contributed by atoms with Crippen molar-refractivity contribution in [3.63, 3.8) is 0 Å². The highest BCUT2D eigenvalue weighted by Gasteiger charge is 2.11. The molecule has 0 bridgehead atoms. The van der Waals surface area contributed by atoms with Gasteiger partial charge in [0.2, 0.25) is 11.8 Å². The first kappa shape index (κ1) is 19.9. The number of hydrogen-bond donors (Lipinski definition) is 1. The molecule has 4 nitrogen and oxygen atoms in total. The van der Waals surface area contributed by atoms with E-state index in [1.807, 2.05) is 24.3 Å². The summed E-state index contributed by atoms with van der Waals surface area (Å²) >= 11 is 5.86. The van der Waals surface area contributed by atoms with Gasteiger partial charge >= 0.3 is 0 Å². The number of rotatable bonds is 8. The Kier molecular flexibility index (Phi) is 7.60. The molecule has 0 atom stereocenters. The summed E-state index contributed by atoms with van der Waals surface area (Å²) in [4.78, 5) is 25.4. The number of carbonyl (C=O) groups excluding carboxylic acids is 2. The lowest BCUT2D eigenvalue weighted by Gasteiger charge is -2.21. The first-order valence-corrected chi connectivity index (χ1v) is 8.83. The third-order valence-electron chi connectivity index (χ3n) is 4.04. The molecule has 0 fully saturated rings. The molecule has 1 N–H and O–H groups in total. The molecule has 0 aliphatic heterocycles. The summed E-state index contributed by atoms with van der Waals surface area (Å²) in [6.45, 7) is 2.79. The van der Waals surface area contributed by atoms with E-state index in [1.165, 1.54) is 13.0 Å². The van der Waals surface area contributed by atoms with Gasteiger partial charge in [-0.25, -0.2) is 4.39 Å². The Balaban J connectivity index is 1.77. The summed E-state index contributed by atoms with van der Waals surface area (Å²) in [5.74, 6) is -0.713. The predicted molar refractivity (Wildman–Crippen MR) is 101 cm³/mol. The first-order valence-electron chi connectivity index (χ1n) is 8.46. The Morgan fingerprint density at radius 3 is 2.42 bits per heavy atom. The predicted octanol–water partition coefficient (Wildman–Crippen LogP) is 3.23. The fourth-order valence-electron chi connectivity index (χ4n) is 2.55. The second kappa shape index (κ2) is 9.92. The highest BCUT2D eigenvalue weighted by Crippen LogP contribution is 2.10. The molecule has 0 saturated heterocycles. The summed E-state index contributed by atoms with van der Waals surface area (Å²) in [5, 5.41) is 3.41. The Morgan fingerprint density at radius 1 is 1.08 bits per heavy atom. The lowest BCUT2D eigenvalue weighted by molar-refractivity contribution is -0.129. The van der Waals surface area contributed by atoms with Crippen molar-refractivity contribution in [2.45, 2.75) is 19.8 Å². The maximum Gasteiger partial charge on any atom is 0.224 e. The Hall–Kier alpha value is -2.40. The normalized spacial score (nSPS) is 10.4. The molecule has 2 rings (SSSR count). The van der Waals surface area contributed by atoms with E-state index in [-0.39, 0.29) is 18.2 Å². The van der Waals surface area contributed by atoms with Gasteiger partial charge in [0.1, 0.15) is 5.82 Å². The minimum atomic E-state index is -0.393. The van der Waals surface area contributed by atoms with Gasteiger partial charge in [-0.15, -0.1) is 0 Å². The molecular formula is C20H22ClFN2O2. The van der Waals surface area contributed by atoms with Crippen molar-refractivity contribution in [2.24, 2.45) is 0 Å². The van der Waals surface area contributed by atoms with Crippen molar-refractivity contribution in [3.8, 4) is 0 Å². The molecule has 0 spiro atoms. The van der Waals surface area contributed by atoms with Crippen LogP contribution in [0.25, 0.3) is 0 Å². The lowest BCUT2D eigenvalue weighted by atomic mass is 10.1. The minimum absolute atomic E-state index is 0.0163. The van der Waals surface area contributed by atoms with Crippen molar-refractivity contribution < 1.29 is 14.0 Å². The zero-order valence-corrected chi connectivity index (χ0v) is 15.4. The van der Waals surface area contributed by atoms with Crippen molar-refractivity contribution in [3.05, 3.63) is 70.5 Å². The van der Waals surface area contributed by atoms with Gasteiger partial charge in [-0.3, -0.25) is 9.59 Å². The quantitative estimate of drug-likeness (QED) is 0.769. The fourth-order valence-corrected chi connectivity index (χ4v) is 2.68. The summed E-state index contributed by atoms with van der Waals surface area (Å²) in [5.41, 5.74) is 1.44. The second-order valence-electron chi connectivity index (χ2n) is 6.00. The Morgan fingerprint density at radius 2 is 1.77 bits per heavy atom. The van der Waals surface area contributed by atoms with Crippen LogP contribution < -0.4 is 5.32 Å². The van der Waals surface area contributed by atoms with E-state index in [0.29, 0.717) is 36.6 Å². The van der Waals surface area contributed by atoms with Crippen molar-refractivity contribution in [2.75, 3.05) is 19.6 Å². The van der Waals surface area contributed by atoms with E-state index in [1.54, 1.807) is 23.1 Å². The van der Waals surface area contributed by atoms with Crippen LogP contribution in [0.1, 0.15) is 18.1 Å². The molecule has 0 radical (unpaired) electrons. The topological polar surface area (TPSA) is 49.4 Å². The van der Waals surface area contributed by atoms with Gasteiger partial charge in [0, 0.05) is 31.6 Å². The number of nitrogens with zero attached hydrogens (tertiary/aromatic N) is 1. The summed E-state index contributed by atoms with van der Waals surface area (Å²) in [6, 6.07) is 13.7. The highest BCUT2D eigenvalue weighted by molar-refractivity contribution is 6.30. The molecule has 0 saturated carbocycles. The number of benzene rings is 2. The molecule has 0 unspecified atom stereocenters. The van der Waals surface area contributed by atoms with Crippen LogP contribution in [0.15, 0.2) is 48.5 Å². The number of carbonyl (C=O) groups is 2. The van der Waals surface area contributed by atoms with E-state index in [4.69, 9.17) is 11.6 Å². The third kappa shape index (κ3) is 6.48. The molecule has 0 aliphatic rings. The van der Waals surface area contributed by atoms with Gasteiger partial charge in [0.25, 0.3) is 0 Å². The molecular weight excluding hydrogens is 355 g/mol. The molecule has 2 amide bonds. The van der Waals surface area contributed by atoms with E-state index in [0.717, 1.165) is 5.56 Å². The molecule has 26 heavy (non-hydrogen) atoms. The number of nitrogens with one attached hydrogen (secondary N) is 1. The Labute approximate surface area is 158 Å². The third-order valence-corrected chi connectivity index (χ3v) is 4.29.